The maximum Gasteiger partial charge on any atom is 0.308 e. The van der Waals surface area contributed by atoms with Crippen LogP contribution in [0.2, 0.25) is 0 Å². The third-order valence-electron chi connectivity index (χ3n) is 9.32. The van der Waals surface area contributed by atoms with Crippen LogP contribution in [0.4, 0.5) is 0 Å². The minimum absolute atomic E-state index is 0.0393. The highest BCUT2D eigenvalue weighted by atomic mass is 16.5. The molecule has 4 aliphatic carbocycles. The van der Waals surface area contributed by atoms with E-state index < -0.39 is 0 Å². The molecule has 0 amide bonds. The zero-order chi connectivity index (χ0) is 17.4. The van der Waals surface area contributed by atoms with Crippen molar-refractivity contribution in [2.45, 2.75) is 71.3 Å². The Morgan fingerprint density at radius 3 is 2.76 bits per heavy atom. The number of allylic oxidation sites excluding steroid dienone is 1. The predicted molar refractivity (Wildman–Crippen MR) is 95.6 cm³/mol. The minimum atomic E-state index is -0.125. The Morgan fingerprint density at radius 2 is 1.92 bits per heavy atom. The largest absolute Gasteiger partial charge is 0.465 e. The van der Waals surface area contributed by atoms with Gasteiger partial charge in [-0.25, -0.2) is 0 Å². The summed E-state index contributed by atoms with van der Waals surface area (Å²) in [5, 5.41) is 10.1. The van der Waals surface area contributed by atoms with Gasteiger partial charge in [0.1, 0.15) is 0 Å². The molecule has 0 aromatic rings. The molecule has 1 N–H and O–H groups in total. The standard InChI is InChI=1S/C22H32O3/c1-13-17-5-6-19-16-4-3-14-11-15(23)7-9-21(14,2)18(16)8-10-22(17,19)12-25-20(13)24/h3,13,15-19,23H,4-12H2,1-2H3/t13-,15+,16?,17-,18?,19?,21+,22+/m1/s1. The molecule has 5 rings (SSSR count). The van der Waals surface area contributed by atoms with Crippen LogP contribution in [0.1, 0.15) is 65.2 Å². The van der Waals surface area contributed by atoms with Crippen LogP contribution >= 0.6 is 0 Å². The van der Waals surface area contributed by atoms with Gasteiger partial charge in [0.2, 0.25) is 0 Å². The number of carbonyl (C=O) groups excluding carboxylic acids is 1. The number of ether oxygens (including phenoxy) is 1. The van der Waals surface area contributed by atoms with Gasteiger partial charge in [0, 0.05) is 5.41 Å². The van der Waals surface area contributed by atoms with Crippen LogP contribution in [-0.4, -0.2) is 23.8 Å². The molecule has 3 nitrogen and oxygen atoms in total. The van der Waals surface area contributed by atoms with E-state index >= 15 is 0 Å². The number of esters is 1. The summed E-state index contributed by atoms with van der Waals surface area (Å²) < 4.78 is 5.70. The highest BCUT2D eigenvalue weighted by molar-refractivity contribution is 5.73. The van der Waals surface area contributed by atoms with Gasteiger partial charge >= 0.3 is 5.97 Å². The zero-order valence-corrected chi connectivity index (χ0v) is 15.7. The summed E-state index contributed by atoms with van der Waals surface area (Å²) >= 11 is 0. The second-order valence-electron chi connectivity index (χ2n) is 10.0. The maximum absolute atomic E-state index is 12.1. The fraction of sp³-hybridized carbons (Fsp3) is 0.864. The van der Waals surface area contributed by atoms with Gasteiger partial charge in [0.15, 0.2) is 0 Å². The summed E-state index contributed by atoms with van der Waals surface area (Å²) in [5.74, 6) is 2.93. The molecular formula is C22H32O3. The number of aliphatic hydroxyl groups excluding tert-OH is 1. The number of fused-ring (bicyclic) bond motifs is 4. The number of cyclic esters (lactones) is 1. The molecule has 3 saturated carbocycles. The Hall–Kier alpha value is -0.830. The van der Waals surface area contributed by atoms with Gasteiger partial charge in [-0.2, -0.15) is 0 Å². The number of rotatable bonds is 0. The van der Waals surface area contributed by atoms with Crippen molar-refractivity contribution in [1.29, 1.82) is 0 Å². The van der Waals surface area contributed by atoms with Crippen LogP contribution in [-0.2, 0) is 9.53 Å². The van der Waals surface area contributed by atoms with E-state index in [1.54, 1.807) is 5.57 Å². The molecule has 3 unspecified atom stereocenters. The lowest BCUT2D eigenvalue weighted by molar-refractivity contribution is -0.179. The van der Waals surface area contributed by atoms with E-state index in [-0.39, 0.29) is 23.4 Å². The first kappa shape index (κ1) is 16.4. The number of aliphatic hydroxyl groups is 1. The number of carbonyl (C=O) groups is 1. The number of hydrogen-bond donors (Lipinski definition) is 1. The van der Waals surface area contributed by atoms with Gasteiger partial charge in [-0.05, 0) is 80.5 Å². The Kier molecular flexibility index (Phi) is 3.49. The first-order chi connectivity index (χ1) is 12.0. The van der Waals surface area contributed by atoms with E-state index in [1.165, 1.54) is 32.1 Å². The fourth-order valence-electron chi connectivity index (χ4n) is 8.03. The molecule has 1 heterocycles. The van der Waals surface area contributed by atoms with Gasteiger partial charge < -0.3 is 9.84 Å². The third-order valence-corrected chi connectivity index (χ3v) is 9.32. The molecule has 138 valence electrons. The molecule has 1 aliphatic heterocycles. The molecule has 0 aromatic carbocycles. The van der Waals surface area contributed by atoms with E-state index in [0.29, 0.717) is 17.9 Å². The van der Waals surface area contributed by atoms with E-state index in [9.17, 15) is 9.90 Å². The molecule has 0 aromatic heterocycles. The summed E-state index contributed by atoms with van der Waals surface area (Å²) in [4.78, 5) is 12.1. The summed E-state index contributed by atoms with van der Waals surface area (Å²) in [6, 6.07) is 0. The van der Waals surface area contributed by atoms with Crippen molar-refractivity contribution in [3.05, 3.63) is 11.6 Å². The van der Waals surface area contributed by atoms with Crippen molar-refractivity contribution in [1.82, 2.24) is 0 Å². The summed E-state index contributed by atoms with van der Waals surface area (Å²) in [7, 11) is 0. The molecule has 0 bridgehead atoms. The third kappa shape index (κ3) is 2.05. The Morgan fingerprint density at radius 1 is 1.12 bits per heavy atom. The van der Waals surface area contributed by atoms with Crippen molar-refractivity contribution >= 4 is 5.97 Å². The Balaban J connectivity index is 1.49. The van der Waals surface area contributed by atoms with Gasteiger partial charge in [-0.1, -0.05) is 25.5 Å². The van der Waals surface area contributed by atoms with Crippen molar-refractivity contribution in [2.24, 2.45) is 40.4 Å². The summed E-state index contributed by atoms with van der Waals surface area (Å²) in [6.07, 6.45) is 11.6. The van der Waals surface area contributed by atoms with Crippen LogP contribution in [0, 0.1) is 40.4 Å². The molecule has 25 heavy (non-hydrogen) atoms. The maximum atomic E-state index is 12.1. The lowest BCUT2D eigenvalue weighted by atomic mass is 9.46. The molecule has 8 atom stereocenters. The highest BCUT2D eigenvalue weighted by Gasteiger charge is 2.63. The van der Waals surface area contributed by atoms with Crippen molar-refractivity contribution in [3.8, 4) is 0 Å². The van der Waals surface area contributed by atoms with Gasteiger partial charge in [0.05, 0.1) is 18.6 Å². The first-order valence-corrected chi connectivity index (χ1v) is 10.5. The van der Waals surface area contributed by atoms with Gasteiger partial charge in [-0.15, -0.1) is 0 Å². The van der Waals surface area contributed by atoms with Gasteiger partial charge in [0.25, 0.3) is 0 Å². The summed E-state index contributed by atoms with van der Waals surface area (Å²) in [6.45, 7) is 5.27. The second-order valence-corrected chi connectivity index (χ2v) is 10.0. The van der Waals surface area contributed by atoms with E-state index in [4.69, 9.17) is 4.74 Å². The molecule has 3 heteroatoms. The van der Waals surface area contributed by atoms with E-state index in [1.807, 2.05) is 0 Å². The van der Waals surface area contributed by atoms with Crippen LogP contribution in [0.15, 0.2) is 11.6 Å². The normalized spacial score (nSPS) is 54.5. The quantitative estimate of drug-likeness (QED) is 0.531. The molecule has 5 aliphatic rings. The summed E-state index contributed by atoms with van der Waals surface area (Å²) in [5.41, 5.74) is 2.12. The smallest absolute Gasteiger partial charge is 0.308 e. The monoisotopic (exact) mass is 344 g/mol. The topological polar surface area (TPSA) is 46.5 Å². The fourth-order valence-corrected chi connectivity index (χ4v) is 8.03. The average molecular weight is 344 g/mol. The van der Waals surface area contributed by atoms with Gasteiger partial charge in [-0.3, -0.25) is 4.79 Å². The Bertz CT molecular complexity index is 625. The van der Waals surface area contributed by atoms with Crippen LogP contribution < -0.4 is 0 Å². The van der Waals surface area contributed by atoms with Crippen LogP contribution in [0.5, 0.6) is 0 Å². The molecule has 0 radical (unpaired) electrons. The van der Waals surface area contributed by atoms with Crippen LogP contribution in [0.25, 0.3) is 0 Å². The van der Waals surface area contributed by atoms with Crippen LogP contribution in [0.3, 0.4) is 0 Å². The van der Waals surface area contributed by atoms with E-state index in [0.717, 1.165) is 37.0 Å². The molecule has 1 spiro atoms. The van der Waals surface area contributed by atoms with Crippen molar-refractivity contribution in [2.75, 3.05) is 6.61 Å². The van der Waals surface area contributed by atoms with Crippen molar-refractivity contribution in [3.63, 3.8) is 0 Å². The molecule has 1 saturated heterocycles. The lowest BCUT2D eigenvalue weighted by Crippen LogP contribution is -2.55. The highest BCUT2D eigenvalue weighted by Crippen LogP contribution is 2.68. The lowest BCUT2D eigenvalue weighted by Gasteiger charge is -2.59. The SMILES string of the molecule is C[C@H]1C(=O)OC[C@]23CCC4C(CC=C5C[C@@H](O)CC[C@@]54C)C2CC[C@H]13. The Labute approximate surface area is 151 Å². The molecular weight excluding hydrogens is 312 g/mol. The zero-order valence-electron chi connectivity index (χ0n) is 15.7. The molecule has 4 fully saturated rings. The van der Waals surface area contributed by atoms with Crippen molar-refractivity contribution < 1.29 is 14.6 Å². The van der Waals surface area contributed by atoms with E-state index in [2.05, 4.69) is 19.9 Å². The second kappa shape index (κ2) is 5.34. The first-order valence-electron chi connectivity index (χ1n) is 10.5. The number of hydrogen-bond acceptors (Lipinski definition) is 3. The average Bonchev–Trinajstić information content (AvgIpc) is 2.99. The predicted octanol–water partition coefficient (Wildman–Crippen LogP) is 4.10. The minimum Gasteiger partial charge on any atom is -0.465 e.